The summed E-state index contributed by atoms with van der Waals surface area (Å²) in [6, 6.07) is 6.87. The summed E-state index contributed by atoms with van der Waals surface area (Å²) in [6.07, 6.45) is 1.07. The first kappa shape index (κ1) is 17.6. The summed E-state index contributed by atoms with van der Waals surface area (Å²) in [5.74, 6) is -0.288. The van der Waals surface area contributed by atoms with E-state index in [4.69, 9.17) is 0 Å². The van der Waals surface area contributed by atoms with Crippen LogP contribution in [0.15, 0.2) is 24.3 Å². The van der Waals surface area contributed by atoms with E-state index in [0.717, 1.165) is 19.5 Å². The predicted octanol–water partition coefficient (Wildman–Crippen LogP) is 2.04. The van der Waals surface area contributed by atoms with E-state index in [1.165, 1.54) is 6.92 Å². The standard InChI is InChI=1S/C14H20N2O2.ClH/c1-3-8-15-9-10-16-14(18)13-7-5-4-6-12(13)11(2)17;/h4-7,15H,3,8-10H2,1-2H3,(H,16,18);1H. The Hall–Kier alpha value is -1.39. The van der Waals surface area contributed by atoms with Crippen molar-refractivity contribution >= 4 is 24.1 Å². The second kappa shape index (κ2) is 9.53. The van der Waals surface area contributed by atoms with Crippen molar-refractivity contribution in [1.29, 1.82) is 0 Å². The van der Waals surface area contributed by atoms with E-state index < -0.39 is 0 Å². The van der Waals surface area contributed by atoms with Crippen molar-refractivity contribution in [3.8, 4) is 0 Å². The SMILES string of the molecule is CCCNCCNC(=O)c1ccccc1C(C)=O.Cl. The van der Waals surface area contributed by atoms with Crippen molar-refractivity contribution in [2.75, 3.05) is 19.6 Å². The van der Waals surface area contributed by atoms with Gasteiger partial charge < -0.3 is 10.6 Å². The van der Waals surface area contributed by atoms with E-state index in [9.17, 15) is 9.59 Å². The third kappa shape index (κ3) is 5.85. The van der Waals surface area contributed by atoms with Gasteiger partial charge >= 0.3 is 0 Å². The van der Waals surface area contributed by atoms with Crippen LogP contribution >= 0.6 is 12.4 Å². The molecular formula is C14H21ClN2O2. The van der Waals surface area contributed by atoms with Gasteiger partial charge in [0.15, 0.2) is 5.78 Å². The Balaban J connectivity index is 0.00000324. The van der Waals surface area contributed by atoms with Gasteiger partial charge in [0.1, 0.15) is 0 Å². The van der Waals surface area contributed by atoms with Gasteiger partial charge in [-0.15, -0.1) is 12.4 Å². The van der Waals surface area contributed by atoms with Crippen LogP contribution in [-0.2, 0) is 0 Å². The number of halogens is 1. The summed E-state index contributed by atoms with van der Waals surface area (Å²) < 4.78 is 0. The maximum absolute atomic E-state index is 11.9. The van der Waals surface area contributed by atoms with Crippen LogP contribution in [0.4, 0.5) is 0 Å². The molecular weight excluding hydrogens is 264 g/mol. The Labute approximate surface area is 120 Å². The van der Waals surface area contributed by atoms with Crippen LogP contribution in [0.2, 0.25) is 0 Å². The normalized spacial score (nSPS) is 9.58. The quantitative estimate of drug-likeness (QED) is 0.595. The molecule has 0 saturated carbocycles. The van der Waals surface area contributed by atoms with Gasteiger partial charge in [0.25, 0.3) is 5.91 Å². The van der Waals surface area contributed by atoms with Gasteiger partial charge in [0.2, 0.25) is 0 Å². The second-order valence-corrected chi connectivity index (χ2v) is 4.11. The molecule has 0 saturated heterocycles. The molecule has 1 rings (SSSR count). The lowest BCUT2D eigenvalue weighted by molar-refractivity contribution is 0.0939. The van der Waals surface area contributed by atoms with Crippen LogP contribution in [0, 0.1) is 0 Å². The smallest absolute Gasteiger partial charge is 0.252 e. The Bertz CT molecular complexity index is 422. The Morgan fingerprint density at radius 3 is 2.26 bits per heavy atom. The van der Waals surface area contributed by atoms with Gasteiger partial charge in [0, 0.05) is 18.7 Å². The monoisotopic (exact) mass is 284 g/mol. The van der Waals surface area contributed by atoms with Crippen LogP contribution in [0.3, 0.4) is 0 Å². The third-order valence-electron chi connectivity index (χ3n) is 2.57. The second-order valence-electron chi connectivity index (χ2n) is 4.11. The molecule has 0 aromatic heterocycles. The Kier molecular flexibility index (Phi) is 8.83. The topological polar surface area (TPSA) is 58.2 Å². The predicted molar refractivity (Wildman–Crippen MR) is 79.2 cm³/mol. The van der Waals surface area contributed by atoms with E-state index in [1.54, 1.807) is 24.3 Å². The number of ketones is 1. The fraction of sp³-hybridized carbons (Fsp3) is 0.429. The molecule has 0 aliphatic heterocycles. The minimum atomic E-state index is -0.195. The first-order chi connectivity index (χ1) is 8.66. The average Bonchev–Trinajstić information content (AvgIpc) is 2.38. The zero-order chi connectivity index (χ0) is 13.4. The summed E-state index contributed by atoms with van der Waals surface area (Å²) in [6.45, 7) is 5.80. The van der Waals surface area contributed by atoms with Gasteiger partial charge in [-0.05, 0) is 26.0 Å². The molecule has 0 spiro atoms. The zero-order valence-corrected chi connectivity index (χ0v) is 12.2. The number of carbonyl (C=O) groups excluding carboxylic acids is 2. The highest BCUT2D eigenvalue weighted by atomic mass is 35.5. The molecule has 1 aromatic rings. The van der Waals surface area contributed by atoms with Crippen LogP contribution in [0.25, 0.3) is 0 Å². The first-order valence-electron chi connectivity index (χ1n) is 6.25. The maximum Gasteiger partial charge on any atom is 0.252 e. The maximum atomic E-state index is 11.9. The molecule has 1 aromatic carbocycles. The largest absolute Gasteiger partial charge is 0.351 e. The molecule has 0 unspecified atom stereocenters. The van der Waals surface area contributed by atoms with Crippen molar-refractivity contribution < 1.29 is 9.59 Å². The molecule has 0 atom stereocenters. The highest BCUT2D eigenvalue weighted by molar-refractivity contribution is 6.07. The lowest BCUT2D eigenvalue weighted by Gasteiger charge is -2.08. The number of nitrogens with one attached hydrogen (secondary N) is 2. The minimum absolute atomic E-state index is 0. The van der Waals surface area contributed by atoms with Crippen molar-refractivity contribution in [3.63, 3.8) is 0 Å². The number of benzene rings is 1. The minimum Gasteiger partial charge on any atom is -0.351 e. The fourth-order valence-electron chi connectivity index (χ4n) is 1.65. The average molecular weight is 285 g/mol. The molecule has 4 nitrogen and oxygen atoms in total. The fourth-order valence-corrected chi connectivity index (χ4v) is 1.65. The molecule has 1 amide bonds. The molecule has 0 bridgehead atoms. The molecule has 5 heteroatoms. The third-order valence-corrected chi connectivity index (χ3v) is 2.57. The Morgan fingerprint density at radius 1 is 1.05 bits per heavy atom. The summed E-state index contributed by atoms with van der Waals surface area (Å²) in [5, 5.41) is 6.00. The van der Waals surface area contributed by atoms with Gasteiger partial charge in [-0.25, -0.2) is 0 Å². The van der Waals surface area contributed by atoms with Crippen LogP contribution < -0.4 is 10.6 Å². The summed E-state index contributed by atoms with van der Waals surface area (Å²) in [5.41, 5.74) is 0.914. The van der Waals surface area contributed by atoms with E-state index in [1.807, 2.05) is 0 Å². The molecule has 0 aliphatic carbocycles. The van der Waals surface area contributed by atoms with Crippen LogP contribution in [0.5, 0.6) is 0 Å². The van der Waals surface area contributed by atoms with E-state index in [2.05, 4.69) is 17.6 Å². The summed E-state index contributed by atoms with van der Waals surface area (Å²) >= 11 is 0. The van der Waals surface area contributed by atoms with Gasteiger partial charge in [-0.3, -0.25) is 9.59 Å². The molecule has 0 radical (unpaired) electrons. The van der Waals surface area contributed by atoms with Gasteiger partial charge in [0.05, 0.1) is 5.56 Å². The summed E-state index contributed by atoms with van der Waals surface area (Å²) in [4.78, 5) is 23.3. The van der Waals surface area contributed by atoms with E-state index in [-0.39, 0.29) is 24.1 Å². The zero-order valence-electron chi connectivity index (χ0n) is 11.4. The number of carbonyl (C=O) groups is 2. The van der Waals surface area contributed by atoms with E-state index in [0.29, 0.717) is 17.7 Å². The number of Topliss-reactive ketones (excluding diaryl/α,β-unsaturated/α-hetero) is 1. The van der Waals surface area contributed by atoms with Crippen LogP contribution in [0.1, 0.15) is 41.0 Å². The highest BCUT2D eigenvalue weighted by Gasteiger charge is 2.12. The Morgan fingerprint density at radius 2 is 1.68 bits per heavy atom. The van der Waals surface area contributed by atoms with Gasteiger partial charge in [-0.2, -0.15) is 0 Å². The summed E-state index contributed by atoms with van der Waals surface area (Å²) in [7, 11) is 0. The van der Waals surface area contributed by atoms with E-state index >= 15 is 0 Å². The highest BCUT2D eigenvalue weighted by Crippen LogP contribution is 2.09. The molecule has 106 valence electrons. The lowest BCUT2D eigenvalue weighted by atomic mass is 10.0. The first-order valence-corrected chi connectivity index (χ1v) is 6.25. The van der Waals surface area contributed by atoms with Crippen molar-refractivity contribution in [2.24, 2.45) is 0 Å². The number of amides is 1. The van der Waals surface area contributed by atoms with Crippen molar-refractivity contribution in [2.45, 2.75) is 20.3 Å². The molecule has 0 aliphatic rings. The molecule has 2 N–H and O–H groups in total. The lowest BCUT2D eigenvalue weighted by Crippen LogP contribution is -2.32. The van der Waals surface area contributed by atoms with Crippen LogP contribution in [-0.4, -0.2) is 31.3 Å². The van der Waals surface area contributed by atoms with Gasteiger partial charge in [-0.1, -0.05) is 25.1 Å². The number of hydrogen-bond donors (Lipinski definition) is 2. The number of hydrogen-bond acceptors (Lipinski definition) is 3. The molecule has 19 heavy (non-hydrogen) atoms. The van der Waals surface area contributed by atoms with Crippen molar-refractivity contribution in [3.05, 3.63) is 35.4 Å². The molecule has 0 fully saturated rings. The number of rotatable bonds is 7. The molecule has 0 heterocycles. The van der Waals surface area contributed by atoms with Crippen molar-refractivity contribution in [1.82, 2.24) is 10.6 Å².